The van der Waals surface area contributed by atoms with Gasteiger partial charge in [-0.3, -0.25) is 20.4 Å². The molecule has 2 N–H and O–H groups in total. The first-order valence-corrected chi connectivity index (χ1v) is 11.7. The van der Waals surface area contributed by atoms with Gasteiger partial charge in [-0.1, -0.05) is 25.4 Å². The molecule has 0 aliphatic rings. The van der Waals surface area contributed by atoms with Crippen LogP contribution in [-0.2, 0) is 10.0 Å². The third-order valence-corrected chi connectivity index (χ3v) is 6.92. The van der Waals surface area contributed by atoms with E-state index in [1.165, 1.54) is 41.7 Å². The van der Waals surface area contributed by atoms with Crippen molar-refractivity contribution in [2.24, 2.45) is 0 Å². The molecule has 2 amide bonds. The lowest BCUT2D eigenvalue weighted by atomic mass is 10.2. The molecule has 0 saturated carbocycles. The maximum absolute atomic E-state index is 12.7. The average Bonchev–Trinajstić information content (AvgIpc) is 2.78. The van der Waals surface area contributed by atoms with Crippen molar-refractivity contribution in [1.29, 1.82) is 0 Å². The molecule has 11 heteroatoms. The second-order valence-corrected chi connectivity index (χ2v) is 8.78. The van der Waals surface area contributed by atoms with E-state index >= 15 is 0 Å². The molecule has 0 fully saturated rings. The van der Waals surface area contributed by atoms with Crippen LogP contribution in [0.2, 0.25) is 5.02 Å². The van der Waals surface area contributed by atoms with Gasteiger partial charge >= 0.3 is 0 Å². The van der Waals surface area contributed by atoms with Crippen LogP contribution in [-0.4, -0.2) is 51.3 Å². The van der Waals surface area contributed by atoms with Gasteiger partial charge in [0.15, 0.2) is 11.5 Å². The summed E-state index contributed by atoms with van der Waals surface area (Å²) in [6.45, 7) is 6.26. The third kappa shape index (κ3) is 5.70. The lowest BCUT2D eigenvalue weighted by molar-refractivity contribution is 0.0846. The van der Waals surface area contributed by atoms with E-state index in [1.54, 1.807) is 19.9 Å². The third-order valence-electron chi connectivity index (χ3n) is 4.54. The molecule has 0 spiro atoms. The Bertz CT molecular complexity index is 1090. The molecule has 2 aromatic rings. The fourth-order valence-corrected chi connectivity index (χ4v) is 4.58. The van der Waals surface area contributed by atoms with Gasteiger partial charge in [0.05, 0.1) is 29.2 Å². The first kappa shape index (κ1) is 25.4. The molecule has 174 valence electrons. The van der Waals surface area contributed by atoms with E-state index in [-0.39, 0.29) is 34.1 Å². The number of hydrazine groups is 1. The molecular weight excluding hydrogens is 458 g/mol. The Morgan fingerprint density at radius 2 is 1.62 bits per heavy atom. The molecule has 0 atom stereocenters. The molecular formula is C21H26ClN3O6S. The number of nitrogens with zero attached hydrogens (tertiary/aromatic N) is 1. The number of hydrogen-bond acceptors (Lipinski definition) is 6. The van der Waals surface area contributed by atoms with Gasteiger partial charge in [0.1, 0.15) is 0 Å². The molecule has 9 nitrogen and oxygen atoms in total. The Morgan fingerprint density at radius 3 is 2.22 bits per heavy atom. The Kier molecular flexibility index (Phi) is 8.88. The van der Waals surface area contributed by atoms with Crippen LogP contribution in [0.15, 0.2) is 41.3 Å². The van der Waals surface area contributed by atoms with Crippen molar-refractivity contribution in [2.75, 3.05) is 26.8 Å². The predicted octanol–water partition coefficient (Wildman–Crippen LogP) is 2.85. The highest BCUT2D eigenvalue weighted by Gasteiger charge is 2.24. The van der Waals surface area contributed by atoms with Crippen LogP contribution >= 0.6 is 11.6 Å². The highest BCUT2D eigenvalue weighted by molar-refractivity contribution is 7.89. The number of amides is 2. The summed E-state index contributed by atoms with van der Waals surface area (Å²) >= 11 is 6.10. The molecule has 0 heterocycles. The number of carbonyl (C=O) groups excluding carboxylic acids is 2. The van der Waals surface area contributed by atoms with Gasteiger partial charge in [-0.05, 0) is 43.3 Å². The summed E-state index contributed by atoms with van der Waals surface area (Å²) in [5.74, 6) is -0.530. The van der Waals surface area contributed by atoms with E-state index in [2.05, 4.69) is 10.9 Å². The fourth-order valence-electron chi connectivity index (χ4n) is 2.89. The van der Waals surface area contributed by atoms with Crippen molar-refractivity contribution < 1.29 is 27.5 Å². The quantitative estimate of drug-likeness (QED) is 0.530. The first-order chi connectivity index (χ1) is 15.2. The molecule has 0 radical (unpaired) electrons. The van der Waals surface area contributed by atoms with Gasteiger partial charge in [0, 0.05) is 18.7 Å². The molecule has 0 aliphatic carbocycles. The summed E-state index contributed by atoms with van der Waals surface area (Å²) in [7, 11) is -2.34. The van der Waals surface area contributed by atoms with Crippen molar-refractivity contribution in [2.45, 2.75) is 25.7 Å². The van der Waals surface area contributed by atoms with Crippen LogP contribution < -0.4 is 20.3 Å². The number of hydrogen-bond donors (Lipinski definition) is 2. The number of sulfonamides is 1. The summed E-state index contributed by atoms with van der Waals surface area (Å²) in [4.78, 5) is 25.0. The van der Waals surface area contributed by atoms with E-state index in [9.17, 15) is 18.0 Å². The minimum Gasteiger partial charge on any atom is -0.493 e. The van der Waals surface area contributed by atoms with E-state index in [1.807, 2.05) is 6.92 Å². The number of methoxy groups -OCH3 is 1. The standard InChI is InChI=1S/C21H26ClN3O6S/c1-5-25(6-2)32(28,29)15-9-10-17(22)16(13-15)21(27)24-23-20(26)14-8-11-18(31-7-3)19(12-14)30-4/h8-13H,5-7H2,1-4H3,(H,23,26)(H,24,27). The van der Waals surface area contributed by atoms with Crippen LogP contribution in [0, 0.1) is 0 Å². The molecule has 2 aromatic carbocycles. The van der Waals surface area contributed by atoms with Gasteiger partial charge in [0.25, 0.3) is 11.8 Å². The zero-order valence-corrected chi connectivity index (χ0v) is 19.8. The van der Waals surface area contributed by atoms with Crippen molar-refractivity contribution in [3.05, 3.63) is 52.5 Å². The highest BCUT2D eigenvalue weighted by atomic mass is 35.5. The molecule has 32 heavy (non-hydrogen) atoms. The number of halogens is 1. The van der Waals surface area contributed by atoms with Crippen molar-refractivity contribution >= 4 is 33.4 Å². The number of ether oxygens (including phenoxy) is 2. The summed E-state index contributed by atoms with van der Waals surface area (Å²) < 4.78 is 37.3. The fraction of sp³-hybridized carbons (Fsp3) is 0.333. The van der Waals surface area contributed by atoms with E-state index in [0.717, 1.165) is 0 Å². The molecule has 0 aromatic heterocycles. The number of rotatable bonds is 9. The lowest BCUT2D eigenvalue weighted by Crippen LogP contribution is -2.41. The van der Waals surface area contributed by atoms with Crippen molar-refractivity contribution in [3.8, 4) is 11.5 Å². The van der Waals surface area contributed by atoms with Crippen LogP contribution in [0.3, 0.4) is 0 Å². The molecule has 2 rings (SSSR count). The molecule has 0 aliphatic heterocycles. The monoisotopic (exact) mass is 483 g/mol. The van der Waals surface area contributed by atoms with E-state index in [0.29, 0.717) is 18.1 Å². The summed E-state index contributed by atoms with van der Waals surface area (Å²) in [6.07, 6.45) is 0. The van der Waals surface area contributed by atoms with Gasteiger partial charge in [-0.15, -0.1) is 0 Å². The lowest BCUT2D eigenvalue weighted by Gasteiger charge is -2.19. The van der Waals surface area contributed by atoms with Crippen molar-refractivity contribution in [1.82, 2.24) is 15.2 Å². The van der Waals surface area contributed by atoms with Crippen LogP contribution in [0.25, 0.3) is 0 Å². The predicted molar refractivity (Wildman–Crippen MR) is 121 cm³/mol. The van der Waals surface area contributed by atoms with E-state index < -0.39 is 21.8 Å². The number of carbonyl (C=O) groups is 2. The smallest absolute Gasteiger partial charge is 0.271 e. The van der Waals surface area contributed by atoms with Crippen molar-refractivity contribution in [3.63, 3.8) is 0 Å². The second-order valence-electron chi connectivity index (χ2n) is 6.44. The van der Waals surface area contributed by atoms with Crippen LogP contribution in [0.5, 0.6) is 11.5 Å². The number of nitrogens with one attached hydrogen (secondary N) is 2. The minimum absolute atomic E-state index is 0.0398. The van der Waals surface area contributed by atoms with Crippen LogP contribution in [0.4, 0.5) is 0 Å². The SMILES string of the molecule is CCOc1ccc(C(=O)NNC(=O)c2cc(S(=O)(=O)N(CC)CC)ccc2Cl)cc1OC. The minimum atomic E-state index is -3.78. The van der Waals surface area contributed by atoms with Gasteiger partial charge in [0.2, 0.25) is 10.0 Å². The Morgan fingerprint density at radius 1 is 0.969 bits per heavy atom. The average molecular weight is 484 g/mol. The Balaban J connectivity index is 2.19. The normalized spacial score (nSPS) is 11.2. The Labute approximate surface area is 192 Å². The Hall–Kier alpha value is -2.82. The number of benzene rings is 2. The largest absolute Gasteiger partial charge is 0.493 e. The molecule has 0 unspecified atom stereocenters. The highest BCUT2D eigenvalue weighted by Crippen LogP contribution is 2.28. The zero-order chi connectivity index (χ0) is 23.9. The second kappa shape index (κ2) is 11.2. The van der Waals surface area contributed by atoms with Gasteiger partial charge in [-0.25, -0.2) is 8.42 Å². The first-order valence-electron chi connectivity index (χ1n) is 9.90. The van der Waals surface area contributed by atoms with Crippen LogP contribution in [0.1, 0.15) is 41.5 Å². The summed E-state index contributed by atoms with van der Waals surface area (Å²) in [6, 6.07) is 8.40. The maximum Gasteiger partial charge on any atom is 0.271 e. The topological polar surface area (TPSA) is 114 Å². The molecule has 0 saturated heterocycles. The summed E-state index contributed by atoms with van der Waals surface area (Å²) in [5.41, 5.74) is 4.65. The van der Waals surface area contributed by atoms with E-state index in [4.69, 9.17) is 21.1 Å². The molecule has 0 bridgehead atoms. The van der Waals surface area contributed by atoms with Gasteiger partial charge in [-0.2, -0.15) is 4.31 Å². The summed E-state index contributed by atoms with van der Waals surface area (Å²) in [5, 5.41) is 0.0398. The zero-order valence-electron chi connectivity index (χ0n) is 18.3. The maximum atomic E-state index is 12.7. The van der Waals surface area contributed by atoms with Gasteiger partial charge < -0.3 is 9.47 Å².